The Balaban J connectivity index is 2.10. The fourth-order valence-electron chi connectivity index (χ4n) is 3.74. The van der Waals surface area contributed by atoms with Crippen molar-refractivity contribution in [1.82, 2.24) is 4.90 Å². The van der Waals surface area contributed by atoms with Gasteiger partial charge in [-0.25, -0.2) is 0 Å². The third kappa shape index (κ3) is 3.13. The third-order valence-corrected chi connectivity index (χ3v) is 5.29. The first-order valence-electron chi connectivity index (χ1n) is 8.00. The Labute approximate surface area is 131 Å². The van der Waals surface area contributed by atoms with Crippen molar-refractivity contribution in [3.63, 3.8) is 0 Å². The molecular weight excluding hydrogens is 286 g/mol. The lowest BCUT2D eigenvalue weighted by atomic mass is 9.65. The maximum atomic E-state index is 13.0. The van der Waals surface area contributed by atoms with Gasteiger partial charge >= 0.3 is 5.97 Å². The summed E-state index contributed by atoms with van der Waals surface area (Å²) in [4.78, 5) is 26.4. The summed E-state index contributed by atoms with van der Waals surface area (Å²) >= 11 is 0. The molecule has 1 unspecified atom stereocenters. The van der Waals surface area contributed by atoms with E-state index < -0.39 is 11.4 Å². The standard InChI is InChI=1S/C16H27NO5/c1-21-10-8-15(5-3-6-15)13(18)17-9-4-7-16(11-17,12-22-2)14(19)20/h3-12H2,1-2H3,(H,19,20). The normalized spacial score (nSPS) is 27.3. The molecule has 0 spiro atoms. The van der Waals surface area contributed by atoms with Crippen molar-refractivity contribution in [3.8, 4) is 0 Å². The summed E-state index contributed by atoms with van der Waals surface area (Å²) in [5.74, 6) is -0.761. The molecule has 1 saturated carbocycles. The Bertz CT molecular complexity index is 417. The largest absolute Gasteiger partial charge is 0.481 e. The highest BCUT2D eigenvalue weighted by molar-refractivity contribution is 5.85. The zero-order valence-corrected chi connectivity index (χ0v) is 13.6. The lowest BCUT2D eigenvalue weighted by Gasteiger charge is -2.47. The van der Waals surface area contributed by atoms with Crippen molar-refractivity contribution in [1.29, 1.82) is 0 Å². The van der Waals surface area contributed by atoms with Crippen LogP contribution in [0.2, 0.25) is 0 Å². The van der Waals surface area contributed by atoms with Crippen molar-refractivity contribution in [3.05, 3.63) is 0 Å². The lowest BCUT2D eigenvalue weighted by molar-refractivity contribution is -0.164. The van der Waals surface area contributed by atoms with Gasteiger partial charge in [0.25, 0.3) is 0 Å². The van der Waals surface area contributed by atoms with Crippen LogP contribution in [0.15, 0.2) is 0 Å². The van der Waals surface area contributed by atoms with Gasteiger partial charge in [-0.3, -0.25) is 9.59 Å². The molecule has 0 bridgehead atoms. The average Bonchev–Trinajstić information content (AvgIpc) is 2.46. The number of rotatable bonds is 7. The number of likely N-dealkylation sites (tertiary alicyclic amines) is 1. The van der Waals surface area contributed by atoms with Crippen LogP contribution in [0, 0.1) is 10.8 Å². The summed E-state index contributed by atoms with van der Waals surface area (Å²) in [5, 5.41) is 9.60. The van der Waals surface area contributed by atoms with Gasteiger partial charge in [-0.15, -0.1) is 0 Å². The summed E-state index contributed by atoms with van der Waals surface area (Å²) in [6.45, 7) is 1.62. The van der Waals surface area contributed by atoms with Gasteiger partial charge in [0.05, 0.1) is 12.0 Å². The summed E-state index contributed by atoms with van der Waals surface area (Å²) in [7, 11) is 3.16. The number of methoxy groups -OCH3 is 2. The first kappa shape index (κ1) is 17.2. The molecule has 1 aliphatic carbocycles. The summed E-state index contributed by atoms with van der Waals surface area (Å²) < 4.78 is 10.3. The Morgan fingerprint density at radius 3 is 2.27 bits per heavy atom. The van der Waals surface area contributed by atoms with E-state index >= 15 is 0 Å². The quantitative estimate of drug-likeness (QED) is 0.771. The summed E-state index contributed by atoms with van der Waals surface area (Å²) in [6, 6.07) is 0. The van der Waals surface area contributed by atoms with Crippen molar-refractivity contribution in [2.75, 3.05) is 40.5 Å². The third-order valence-electron chi connectivity index (χ3n) is 5.29. The molecule has 2 fully saturated rings. The maximum absolute atomic E-state index is 13.0. The number of nitrogens with zero attached hydrogens (tertiary/aromatic N) is 1. The molecule has 0 radical (unpaired) electrons. The second kappa shape index (κ2) is 6.96. The fourth-order valence-corrected chi connectivity index (χ4v) is 3.74. The molecule has 2 rings (SSSR count). The van der Waals surface area contributed by atoms with Gasteiger partial charge in [0, 0.05) is 33.9 Å². The minimum atomic E-state index is -0.963. The molecule has 6 nitrogen and oxygen atoms in total. The van der Waals surface area contributed by atoms with Crippen LogP contribution in [0.1, 0.15) is 38.5 Å². The van der Waals surface area contributed by atoms with Crippen LogP contribution in [-0.2, 0) is 19.1 Å². The van der Waals surface area contributed by atoms with Gasteiger partial charge in [0.15, 0.2) is 0 Å². The molecule has 1 aliphatic heterocycles. The van der Waals surface area contributed by atoms with Crippen LogP contribution in [0.25, 0.3) is 0 Å². The van der Waals surface area contributed by atoms with Crippen molar-refractivity contribution >= 4 is 11.9 Å². The molecule has 1 atom stereocenters. The van der Waals surface area contributed by atoms with Gasteiger partial charge in [-0.1, -0.05) is 6.42 Å². The van der Waals surface area contributed by atoms with E-state index in [0.29, 0.717) is 26.0 Å². The van der Waals surface area contributed by atoms with Gasteiger partial charge < -0.3 is 19.5 Å². The Morgan fingerprint density at radius 2 is 1.77 bits per heavy atom. The average molecular weight is 313 g/mol. The molecule has 0 aromatic heterocycles. The van der Waals surface area contributed by atoms with Crippen LogP contribution >= 0.6 is 0 Å². The van der Waals surface area contributed by atoms with Crippen molar-refractivity contribution in [2.45, 2.75) is 38.5 Å². The van der Waals surface area contributed by atoms with E-state index in [4.69, 9.17) is 9.47 Å². The molecule has 1 N–H and O–H groups in total. The number of ether oxygens (including phenoxy) is 2. The Morgan fingerprint density at radius 1 is 1.09 bits per heavy atom. The molecule has 22 heavy (non-hydrogen) atoms. The molecule has 1 saturated heterocycles. The first-order valence-corrected chi connectivity index (χ1v) is 8.00. The van der Waals surface area contributed by atoms with Crippen LogP contribution in [0.4, 0.5) is 0 Å². The minimum absolute atomic E-state index is 0.109. The van der Waals surface area contributed by atoms with Gasteiger partial charge in [-0.2, -0.15) is 0 Å². The summed E-state index contributed by atoms with van der Waals surface area (Å²) in [5.41, 5.74) is -1.29. The predicted molar refractivity (Wildman–Crippen MR) is 80.5 cm³/mol. The van der Waals surface area contributed by atoms with E-state index in [2.05, 4.69) is 0 Å². The highest BCUT2D eigenvalue weighted by Gasteiger charge is 2.50. The van der Waals surface area contributed by atoms with E-state index in [-0.39, 0.29) is 24.5 Å². The maximum Gasteiger partial charge on any atom is 0.313 e. The highest BCUT2D eigenvalue weighted by atomic mass is 16.5. The second-order valence-corrected chi connectivity index (χ2v) is 6.73. The molecule has 2 aliphatic rings. The van der Waals surface area contributed by atoms with Crippen molar-refractivity contribution < 1.29 is 24.2 Å². The number of carbonyl (C=O) groups excluding carboxylic acids is 1. The molecular formula is C16H27NO5. The molecule has 6 heteroatoms. The zero-order chi connectivity index (χ0) is 16.2. The zero-order valence-electron chi connectivity index (χ0n) is 13.6. The van der Waals surface area contributed by atoms with Gasteiger partial charge in [-0.05, 0) is 32.1 Å². The van der Waals surface area contributed by atoms with Gasteiger partial charge in [0.2, 0.25) is 5.91 Å². The van der Waals surface area contributed by atoms with Crippen LogP contribution in [-0.4, -0.2) is 62.4 Å². The number of carboxylic acid groups (broad SMARTS) is 1. The van der Waals surface area contributed by atoms with E-state index in [1.807, 2.05) is 0 Å². The van der Waals surface area contributed by atoms with Crippen molar-refractivity contribution in [2.24, 2.45) is 10.8 Å². The van der Waals surface area contributed by atoms with Crippen LogP contribution < -0.4 is 0 Å². The Kier molecular flexibility index (Phi) is 5.45. The molecule has 0 aromatic rings. The number of hydrogen-bond acceptors (Lipinski definition) is 4. The molecule has 1 amide bonds. The van der Waals surface area contributed by atoms with Crippen LogP contribution in [0.5, 0.6) is 0 Å². The van der Waals surface area contributed by atoms with Crippen LogP contribution in [0.3, 0.4) is 0 Å². The number of aliphatic carboxylic acids is 1. The molecule has 0 aromatic carbocycles. The van der Waals surface area contributed by atoms with E-state index in [1.165, 1.54) is 7.11 Å². The number of carbonyl (C=O) groups is 2. The molecule has 126 valence electrons. The molecule has 1 heterocycles. The number of hydrogen-bond donors (Lipinski definition) is 1. The topological polar surface area (TPSA) is 76.1 Å². The number of carboxylic acids is 1. The monoisotopic (exact) mass is 313 g/mol. The van der Waals surface area contributed by atoms with E-state index in [1.54, 1.807) is 12.0 Å². The summed E-state index contributed by atoms with van der Waals surface area (Å²) in [6.07, 6.45) is 4.83. The highest BCUT2D eigenvalue weighted by Crippen LogP contribution is 2.46. The SMILES string of the molecule is COCCC1(C(=O)N2CCCC(COC)(C(=O)O)C2)CCC1. The van der Waals surface area contributed by atoms with Gasteiger partial charge in [0.1, 0.15) is 5.41 Å². The smallest absolute Gasteiger partial charge is 0.313 e. The second-order valence-electron chi connectivity index (χ2n) is 6.73. The lowest BCUT2D eigenvalue weighted by Crippen LogP contribution is -2.57. The number of amides is 1. The first-order chi connectivity index (χ1) is 10.5. The Hall–Kier alpha value is -1.14. The van der Waals surface area contributed by atoms with E-state index in [0.717, 1.165) is 25.7 Å². The number of piperidine rings is 1. The fraction of sp³-hybridized carbons (Fsp3) is 0.875. The van der Waals surface area contributed by atoms with E-state index in [9.17, 15) is 14.7 Å². The minimum Gasteiger partial charge on any atom is -0.481 e. The predicted octanol–water partition coefficient (Wildman–Crippen LogP) is 1.53.